The van der Waals surface area contributed by atoms with Crippen LogP contribution in [0.4, 0.5) is 0 Å². The second-order valence-corrected chi connectivity index (χ2v) is 7.49. The van der Waals surface area contributed by atoms with Crippen molar-refractivity contribution in [2.24, 2.45) is 5.41 Å². The molecule has 0 radical (unpaired) electrons. The van der Waals surface area contributed by atoms with Crippen molar-refractivity contribution >= 4 is 23.5 Å². The molecule has 0 aromatic rings. The van der Waals surface area contributed by atoms with Crippen molar-refractivity contribution in [2.45, 2.75) is 46.6 Å². The number of nitrogens with zero attached hydrogens (tertiary/aromatic N) is 1. The molecule has 1 heterocycles. The van der Waals surface area contributed by atoms with E-state index >= 15 is 0 Å². The Hall–Kier alpha value is -0.810. The van der Waals surface area contributed by atoms with Gasteiger partial charge in [0.25, 0.3) is 0 Å². The lowest BCUT2D eigenvalue weighted by Crippen LogP contribution is -2.32. The van der Waals surface area contributed by atoms with E-state index in [9.17, 15) is 14.7 Å². The van der Waals surface area contributed by atoms with Gasteiger partial charge in [0.15, 0.2) is 5.78 Å². The lowest BCUT2D eigenvalue weighted by Gasteiger charge is -2.23. The van der Waals surface area contributed by atoms with Crippen LogP contribution in [-0.4, -0.2) is 39.6 Å². The van der Waals surface area contributed by atoms with Gasteiger partial charge in [0.2, 0.25) is 5.91 Å². The van der Waals surface area contributed by atoms with Gasteiger partial charge >= 0.3 is 0 Å². The van der Waals surface area contributed by atoms with E-state index in [4.69, 9.17) is 0 Å². The number of aliphatic hydroxyl groups is 1. The molecule has 1 aliphatic heterocycles. The second-order valence-electron chi connectivity index (χ2n) is 6.49. The first-order valence-corrected chi connectivity index (χ1v) is 7.41. The third kappa shape index (κ3) is 4.99. The summed E-state index contributed by atoms with van der Waals surface area (Å²) in [4.78, 5) is 25.4. The monoisotopic (exact) mass is 285 g/mol. The Labute approximate surface area is 119 Å². The van der Waals surface area contributed by atoms with Crippen LogP contribution in [0.25, 0.3) is 0 Å². The number of rotatable bonds is 4. The van der Waals surface area contributed by atoms with Crippen LogP contribution >= 0.6 is 11.8 Å². The van der Waals surface area contributed by atoms with Gasteiger partial charge in [-0.3, -0.25) is 9.59 Å². The molecule has 1 N–H and O–H groups in total. The highest BCUT2D eigenvalue weighted by Gasteiger charge is 2.30. The minimum Gasteiger partial charge on any atom is -0.390 e. The number of ketones is 1. The maximum absolute atomic E-state index is 12.0. The lowest BCUT2D eigenvalue weighted by atomic mass is 9.91. The average Bonchev–Trinajstić information content (AvgIpc) is 2.54. The summed E-state index contributed by atoms with van der Waals surface area (Å²) < 4.78 is 0. The molecule has 0 atom stereocenters. The molecule has 0 spiro atoms. The molecular weight excluding hydrogens is 262 g/mol. The fraction of sp³-hybridized carbons (Fsp3) is 0.714. The van der Waals surface area contributed by atoms with Crippen molar-refractivity contribution in [1.82, 2.24) is 4.90 Å². The van der Waals surface area contributed by atoms with Gasteiger partial charge in [-0.1, -0.05) is 32.5 Å². The zero-order valence-electron chi connectivity index (χ0n) is 12.3. The maximum atomic E-state index is 12.0. The number of thioether (sulfide) groups is 1. The molecular formula is C14H23NO3S. The molecule has 0 aliphatic carbocycles. The van der Waals surface area contributed by atoms with Crippen molar-refractivity contribution in [3.05, 3.63) is 11.1 Å². The number of hydrogen-bond acceptors (Lipinski definition) is 4. The number of hydrogen-bond donors (Lipinski definition) is 1. The molecule has 1 amide bonds. The normalized spacial score (nSPS) is 19.4. The van der Waals surface area contributed by atoms with Crippen LogP contribution in [0.5, 0.6) is 0 Å². The van der Waals surface area contributed by atoms with E-state index in [0.717, 1.165) is 0 Å². The molecule has 1 aliphatic rings. The van der Waals surface area contributed by atoms with Gasteiger partial charge in [0, 0.05) is 18.0 Å². The number of allylic oxidation sites excluding steroid dienone is 1. The largest absolute Gasteiger partial charge is 0.390 e. The number of amides is 1. The Kier molecular flexibility index (Phi) is 4.85. The van der Waals surface area contributed by atoms with Gasteiger partial charge < -0.3 is 10.0 Å². The Morgan fingerprint density at radius 3 is 2.42 bits per heavy atom. The summed E-state index contributed by atoms with van der Waals surface area (Å²) in [6.07, 6.45) is 2.04. The zero-order chi connectivity index (χ0) is 14.8. The standard InChI is InChI=1S/C14H23NO3S/c1-13(2,3)10(16)8-12-15(11(17)9-19-12)7-6-14(4,5)18/h8,18H,6-7,9H2,1-5H3/b12-8+. The quantitative estimate of drug-likeness (QED) is 0.804. The first-order chi connectivity index (χ1) is 8.50. The summed E-state index contributed by atoms with van der Waals surface area (Å²) in [6.45, 7) is 9.44. The first-order valence-electron chi connectivity index (χ1n) is 6.42. The highest BCUT2D eigenvalue weighted by atomic mass is 32.2. The number of carbonyl (C=O) groups excluding carboxylic acids is 2. The summed E-state index contributed by atoms with van der Waals surface area (Å²) in [5, 5.41) is 10.4. The van der Waals surface area contributed by atoms with E-state index in [1.54, 1.807) is 24.8 Å². The van der Waals surface area contributed by atoms with Crippen LogP contribution < -0.4 is 0 Å². The second kappa shape index (κ2) is 5.67. The summed E-state index contributed by atoms with van der Waals surface area (Å²) in [6, 6.07) is 0. The SMILES string of the molecule is CC(C)(O)CCN1C(=O)CS/C1=C/C(=O)C(C)(C)C. The van der Waals surface area contributed by atoms with Crippen LogP contribution in [-0.2, 0) is 9.59 Å². The topological polar surface area (TPSA) is 57.6 Å². The molecule has 5 heteroatoms. The Bertz CT molecular complexity index is 402. The lowest BCUT2D eigenvalue weighted by molar-refractivity contribution is -0.125. The Morgan fingerprint density at radius 2 is 1.95 bits per heavy atom. The van der Waals surface area contributed by atoms with Gasteiger partial charge in [-0.2, -0.15) is 0 Å². The molecule has 1 rings (SSSR count). The molecule has 0 unspecified atom stereocenters. The van der Waals surface area contributed by atoms with Crippen LogP contribution in [0.3, 0.4) is 0 Å². The molecule has 0 bridgehead atoms. The molecule has 4 nitrogen and oxygen atoms in total. The van der Waals surface area contributed by atoms with Crippen molar-refractivity contribution < 1.29 is 14.7 Å². The van der Waals surface area contributed by atoms with Crippen molar-refractivity contribution in [3.8, 4) is 0 Å². The third-order valence-corrected chi connectivity index (χ3v) is 3.88. The van der Waals surface area contributed by atoms with Crippen molar-refractivity contribution in [2.75, 3.05) is 12.3 Å². The fourth-order valence-electron chi connectivity index (χ4n) is 1.48. The Morgan fingerprint density at radius 1 is 1.37 bits per heavy atom. The van der Waals surface area contributed by atoms with Crippen LogP contribution in [0.1, 0.15) is 41.0 Å². The van der Waals surface area contributed by atoms with Gasteiger partial charge in [-0.05, 0) is 20.3 Å². The van der Waals surface area contributed by atoms with Crippen LogP contribution in [0.2, 0.25) is 0 Å². The summed E-state index contributed by atoms with van der Waals surface area (Å²) >= 11 is 1.39. The molecule has 19 heavy (non-hydrogen) atoms. The average molecular weight is 285 g/mol. The minimum atomic E-state index is -0.813. The third-order valence-electron chi connectivity index (χ3n) is 2.85. The van der Waals surface area contributed by atoms with E-state index in [1.807, 2.05) is 20.8 Å². The highest BCUT2D eigenvalue weighted by Crippen LogP contribution is 2.31. The molecule has 1 saturated heterocycles. The summed E-state index contributed by atoms with van der Waals surface area (Å²) in [5.41, 5.74) is -1.26. The van der Waals surface area contributed by atoms with Crippen molar-refractivity contribution in [3.63, 3.8) is 0 Å². The smallest absolute Gasteiger partial charge is 0.237 e. The van der Waals surface area contributed by atoms with Gasteiger partial charge in [-0.15, -0.1) is 0 Å². The van der Waals surface area contributed by atoms with E-state index < -0.39 is 11.0 Å². The van der Waals surface area contributed by atoms with Gasteiger partial charge in [-0.25, -0.2) is 0 Å². The molecule has 108 valence electrons. The van der Waals surface area contributed by atoms with Crippen LogP contribution in [0, 0.1) is 5.41 Å². The molecule has 0 aromatic carbocycles. The molecule has 0 aromatic heterocycles. The van der Waals surface area contributed by atoms with E-state index in [-0.39, 0.29) is 11.7 Å². The van der Waals surface area contributed by atoms with E-state index in [0.29, 0.717) is 23.7 Å². The van der Waals surface area contributed by atoms with E-state index in [2.05, 4.69) is 0 Å². The summed E-state index contributed by atoms with van der Waals surface area (Å²) in [7, 11) is 0. The zero-order valence-corrected chi connectivity index (χ0v) is 13.1. The van der Waals surface area contributed by atoms with Gasteiger partial charge in [0.05, 0.1) is 16.4 Å². The minimum absolute atomic E-state index is 0.00205. The number of carbonyl (C=O) groups is 2. The summed E-state index contributed by atoms with van der Waals surface area (Å²) in [5.74, 6) is 0.384. The molecule has 0 saturated carbocycles. The fourth-order valence-corrected chi connectivity index (χ4v) is 2.45. The first kappa shape index (κ1) is 16.2. The Balaban J connectivity index is 2.80. The predicted molar refractivity (Wildman–Crippen MR) is 77.6 cm³/mol. The highest BCUT2D eigenvalue weighted by molar-refractivity contribution is 8.04. The van der Waals surface area contributed by atoms with E-state index in [1.165, 1.54) is 11.8 Å². The van der Waals surface area contributed by atoms with Crippen molar-refractivity contribution in [1.29, 1.82) is 0 Å². The molecule has 1 fully saturated rings. The van der Waals surface area contributed by atoms with Gasteiger partial charge in [0.1, 0.15) is 0 Å². The predicted octanol–water partition coefficient (Wildman–Crippen LogP) is 2.18. The van der Waals surface area contributed by atoms with Crippen LogP contribution in [0.15, 0.2) is 11.1 Å². The maximum Gasteiger partial charge on any atom is 0.237 e.